The Morgan fingerprint density at radius 2 is 1.75 bits per heavy atom. The molecule has 1 amide bonds. The predicted molar refractivity (Wildman–Crippen MR) is 112 cm³/mol. The lowest BCUT2D eigenvalue weighted by Crippen LogP contribution is -2.37. The molecule has 148 valence electrons. The Hall–Kier alpha value is -1.83. The largest absolute Gasteiger partial charge is 0.325 e. The van der Waals surface area contributed by atoms with E-state index in [1.165, 1.54) is 5.56 Å². The van der Waals surface area contributed by atoms with Crippen molar-refractivity contribution in [3.05, 3.63) is 54.1 Å². The van der Waals surface area contributed by atoms with Crippen LogP contribution in [0.3, 0.4) is 0 Å². The molecule has 7 heteroatoms. The molecule has 2 aromatic carbocycles. The molecule has 1 N–H and O–H groups in total. The summed E-state index contributed by atoms with van der Waals surface area (Å²) in [5.74, 6) is 0.519. The Morgan fingerprint density at radius 1 is 1.07 bits per heavy atom. The number of thioether (sulfide) groups is 1. The highest BCUT2D eigenvalue weighted by molar-refractivity contribution is 8.01. The minimum absolute atomic E-state index is 0.0539. The molecule has 0 radical (unpaired) electrons. The van der Waals surface area contributed by atoms with E-state index >= 15 is 0 Å². The van der Waals surface area contributed by atoms with Crippen LogP contribution in [0, 0.1) is 5.92 Å². The third kappa shape index (κ3) is 3.97. The zero-order valence-electron chi connectivity index (χ0n) is 15.8. The first-order chi connectivity index (χ1) is 13.4. The Kier molecular flexibility index (Phi) is 5.49. The van der Waals surface area contributed by atoms with Crippen LogP contribution in [0.2, 0.25) is 0 Å². The van der Waals surface area contributed by atoms with E-state index in [1.807, 2.05) is 18.2 Å². The van der Waals surface area contributed by atoms with Crippen LogP contribution in [-0.4, -0.2) is 37.0 Å². The molecule has 0 spiro atoms. The molecule has 28 heavy (non-hydrogen) atoms. The number of carbonyl (C=O) groups excluding carboxylic acids is 1. The minimum atomic E-state index is -3.47. The summed E-state index contributed by atoms with van der Waals surface area (Å²) in [4.78, 5) is 14.0. The summed E-state index contributed by atoms with van der Waals surface area (Å²) < 4.78 is 27.2. The summed E-state index contributed by atoms with van der Waals surface area (Å²) in [5, 5.41) is 2.76. The van der Waals surface area contributed by atoms with Gasteiger partial charge in [0.25, 0.3) is 0 Å². The van der Waals surface area contributed by atoms with Gasteiger partial charge in [-0.3, -0.25) is 4.79 Å². The lowest BCUT2D eigenvalue weighted by atomic mass is 10.0. The van der Waals surface area contributed by atoms with Gasteiger partial charge in [0.1, 0.15) is 0 Å². The molecule has 0 aliphatic carbocycles. The smallest absolute Gasteiger partial charge is 0.243 e. The average molecular weight is 417 g/mol. The number of sulfonamides is 1. The first-order valence-electron chi connectivity index (χ1n) is 9.59. The van der Waals surface area contributed by atoms with E-state index in [-0.39, 0.29) is 16.1 Å². The van der Waals surface area contributed by atoms with Crippen molar-refractivity contribution in [2.45, 2.75) is 41.2 Å². The van der Waals surface area contributed by atoms with Gasteiger partial charge >= 0.3 is 0 Å². The van der Waals surface area contributed by atoms with Gasteiger partial charge < -0.3 is 5.32 Å². The molecular formula is C21H24N2O3S2. The molecule has 1 saturated heterocycles. The number of amides is 1. The van der Waals surface area contributed by atoms with Gasteiger partial charge in [0, 0.05) is 23.7 Å². The van der Waals surface area contributed by atoms with Gasteiger partial charge in [0.2, 0.25) is 15.9 Å². The fraction of sp³-hybridized carbons (Fsp3) is 0.381. The van der Waals surface area contributed by atoms with E-state index in [9.17, 15) is 13.2 Å². The van der Waals surface area contributed by atoms with Crippen molar-refractivity contribution >= 4 is 33.4 Å². The van der Waals surface area contributed by atoms with Gasteiger partial charge in [0.15, 0.2) is 0 Å². The van der Waals surface area contributed by atoms with Crippen LogP contribution in [-0.2, 0) is 21.2 Å². The topological polar surface area (TPSA) is 66.5 Å². The number of benzene rings is 2. The normalized spacial score (nSPS) is 20.7. The molecule has 1 unspecified atom stereocenters. The van der Waals surface area contributed by atoms with E-state index in [1.54, 1.807) is 40.3 Å². The van der Waals surface area contributed by atoms with Crippen molar-refractivity contribution in [1.82, 2.24) is 4.31 Å². The number of carbonyl (C=O) groups is 1. The van der Waals surface area contributed by atoms with Crippen LogP contribution in [0.15, 0.2) is 58.3 Å². The van der Waals surface area contributed by atoms with Crippen molar-refractivity contribution in [3.8, 4) is 0 Å². The number of nitrogens with zero attached hydrogens (tertiary/aromatic N) is 1. The summed E-state index contributed by atoms with van der Waals surface area (Å²) in [6.45, 7) is 3.30. The van der Waals surface area contributed by atoms with E-state index in [4.69, 9.17) is 0 Å². The lowest BCUT2D eigenvalue weighted by molar-refractivity contribution is -0.115. The van der Waals surface area contributed by atoms with Gasteiger partial charge in [0.05, 0.1) is 10.1 Å². The molecule has 2 heterocycles. The number of piperidine rings is 1. The van der Waals surface area contributed by atoms with Crippen molar-refractivity contribution in [2.24, 2.45) is 5.92 Å². The summed E-state index contributed by atoms with van der Waals surface area (Å²) in [5.41, 5.74) is 1.82. The van der Waals surface area contributed by atoms with Gasteiger partial charge in [-0.2, -0.15) is 4.31 Å². The van der Waals surface area contributed by atoms with Crippen LogP contribution in [0.25, 0.3) is 0 Å². The van der Waals surface area contributed by atoms with Crippen LogP contribution >= 0.6 is 11.8 Å². The Morgan fingerprint density at radius 3 is 2.43 bits per heavy atom. The van der Waals surface area contributed by atoms with Gasteiger partial charge in [-0.05, 0) is 61.1 Å². The summed E-state index contributed by atoms with van der Waals surface area (Å²) in [7, 11) is -3.47. The SMILES string of the molecule is CC1CCN(S(=O)(=O)c2ccc(NC(=O)C3Cc4ccccc4S3)cc2)CC1. The second-order valence-electron chi connectivity index (χ2n) is 7.52. The van der Waals surface area contributed by atoms with Crippen LogP contribution in [0.4, 0.5) is 5.69 Å². The second kappa shape index (κ2) is 7.89. The standard InChI is InChI=1S/C21H24N2O3S2/c1-15-10-12-23(13-11-15)28(25,26)18-8-6-17(7-9-18)22-21(24)20-14-16-4-2-3-5-19(16)27-20/h2-9,15,20H,10-14H2,1H3,(H,22,24). The second-order valence-corrected chi connectivity index (χ2v) is 10.7. The molecular weight excluding hydrogens is 392 g/mol. The molecule has 0 aromatic heterocycles. The third-order valence-electron chi connectivity index (χ3n) is 5.44. The summed E-state index contributed by atoms with van der Waals surface area (Å²) in [6.07, 6.45) is 2.51. The fourth-order valence-corrected chi connectivity index (χ4v) is 6.30. The Balaban J connectivity index is 1.40. The predicted octanol–water partition coefficient (Wildman–Crippen LogP) is 3.76. The molecule has 0 bridgehead atoms. The van der Waals surface area contributed by atoms with Crippen molar-refractivity contribution in [1.29, 1.82) is 0 Å². The Bertz CT molecular complexity index is 940. The van der Waals surface area contributed by atoms with Crippen molar-refractivity contribution < 1.29 is 13.2 Å². The quantitative estimate of drug-likeness (QED) is 0.824. The fourth-order valence-electron chi connectivity index (χ4n) is 3.64. The van der Waals surface area contributed by atoms with Gasteiger partial charge in [-0.15, -0.1) is 11.8 Å². The summed E-state index contributed by atoms with van der Waals surface area (Å²) in [6, 6.07) is 14.6. The number of rotatable bonds is 4. The van der Waals surface area contributed by atoms with Gasteiger partial charge in [-0.1, -0.05) is 25.1 Å². The Labute approximate surface area is 170 Å². The van der Waals surface area contributed by atoms with E-state index in [0.717, 1.165) is 17.7 Å². The average Bonchev–Trinajstić information content (AvgIpc) is 3.13. The van der Waals surface area contributed by atoms with Crippen molar-refractivity contribution in [2.75, 3.05) is 18.4 Å². The highest BCUT2D eigenvalue weighted by atomic mass is 32.2. The highest BCUT2D eigenvalue weighted by Gasteiger charge is 2.29. The number of nitrogens with one attached hydrogen (secondary N) is 1. The maximum Gasteiger partial charge on any atom is 0.243 e. The first-order valence-corrected chi connectivity index (χ1v) is 11.9. The number of hydrogen-bond donors (Lipinski definition) is 1. The monoisotopic (exact) mass is 416 g/mol. The molecule has 5 nitrogen and oxygen atoms in total. The number of fused-ring (bicyclic) bond motifs is 1. The van der Waals surface area contributed by atoms with Crippen molar-refractivity contribution in [3.63, 3.8) is 0 Å². The molecule has 0 saturated carbocycles. The third-order valence-corrected chi connectivity index (χ3v) is 8.67. The molecule has 2 aliphatic rings. The van der Waals surface area contributed by atoms with E-state index in [2.05, 4.69) is 18.3 Å². The highest BCUT2D eigenvalue weighted by Crippen LogP contribution is 2.37. The van der Waals surface area contributed by atoms with E-state index < -0.39 is 10.0 Å². The minimum Gasteiger partial charge on any atom is -0.325 e. The van der Waals surface area contributed by atoms with Crippen LogP contribution < -0.4 is 5.32 Å². The maximum atomic E-state index is 12.8. The number of hydrogen-bond acceptors (Lipinski definition) is 4. The van der Waals surface area contributed by atoms with Crippen LogP contribution in [0.1, 0.15) is 25.3 Å². The number of anilines is 1. The van der Waals surface area contributed by atoms with Crippen LogP contribution in [0.5, 0.6) is 0 Å². The zero-order chi connectivity index (χ0) is 19.7. The molecule has 2 aromatic rings. The maximum absolute atomic E-state index is 12.8. The zero-order valence-corrected chi connectivity index (χ0v) is 17.4. The molecule has 1 atom stereocenters. The summed E-state index contributed by atoms with van der Waals surface area (Å²) >= 11 is 1.58. The molecule has 4 rings (SSSR count). The van der Waals surface area contributed by atoms with Gasteiger partial charge in [-0.25, -0.2) is 8.42 Å². The molecule has 1 fully saturated rings. The van der Waals surface area contributed by atoms with E-state index in [0.29, 0.717) is 31.1 Å². The lowest BCUT2D eigenvalue weighted by Gasteiger charge is -2.29. The first kappa shape index (κ1) is 19.5. The molecule has 2 aliphatic heterocycles.